The molecule has 1 heterocycles. The highest BCUT2D eigenvalue weighted by molar-refractivity contribution is 7.89. The molecule has 4 N–H and O–H groups in total. The number of hydrogen-bond donors (Lipinski definition) is 4. The van der Waals surface area contributed by atoms with Crippen molar-refractivity contribution >= 4 is 20.8 Å². The molecule has 0 amide bonds. The SMILES string of the molecule is O=S(=O)(N[C@H]1c2cccc3cccc(c23)[C@@H]1[NH+]1CC[NH+](CCO)CC1)c1ccccc1. The molecule has 3 aromatic rings. The van der Waals surface area contributed by atoms with Crippen molar-refractivity contribution in [3.05, 3.63) is 77.9 Å². The summed E-state index contributed by atoms with van der Waals surface area (Å²) < 4.78 is 29.6. The molecule has 3 aromatic carbocycles. The fourth-order valence-electron chi connectivity index (χ4n) is 5.34. The fourth-order valence-corrected chi connectivity index (χ4v) is 6.59. The lowest BCUT2D eigenvalue weighted by atomic mass is 10.0. The molecule has 31 heavy (non-hydrogen) atoms. The number of hydrogen-bond acceptors (Lipinski definition) is 3. The molecule has 7 heteroatoms. The Morgan fingerprint density at radius 2 is 1.55 bits per heavy atom. The second-order valence-electron chi connectivity index (χ2n) is 8.56. The molecular formula is C24H29N3O3S+2. The van der Waals surface area contributed by atoms with Crippen molar-refractivity contribution in [1.29, 1.82) is 0 Å². The third-order valence-electron chi connectivity index (χ3n) is 6.81. The minimum Gasteiger partial charge on any atom is -0.391 e. The first kappa shape index (κ1) is 20.6. The van der Waals surface area contributed by atoms with Crippen molar-refractivity contribution in [2.45, 2.75) is 17.0 Å². The number of rotatable bonds is 6. The van der Waals surface area contributed by atoms with Gasteiger partial charge in [-0.25, -0.2) is 8.42 Å². The Kier molecular flexibility index (Phi) is 5.54. The monoisotopic (exact) mass is 439 g/mol. The number of quaternary nitrogens is 2. The molecular weight excluding hydrogens is 410 g/mol. The first-order chi connectivity index (χ1) is 15.1. The molecule has 1 saturated heterocycles. The Hall–Kier alpha value is -2.29. The third kappa shape index (κ3) is 3.77. The van der Waals surface area contributed by atoms with E-state index >= 15 is 0 Å². The maximum absolute atomic E-state index is 13.3. The summed E-state index contributed by atoms with van der Waals surface area (Å²) >= 11 is 0. The number of benzene rings is 3. The van der Waals surface area contributed by atoms with E-state index in [0.29, 0.717) is 4.90 Å². The Morgan fingerprint density at radius 3 is 2.23 bits per heavy atom. The van der Waals surface area contributed by atoms with Crippen molar-refractivity contribution in [1.82, 2.24) is 4.72 Å². The van der Waals surface area contributed by atoms with Crippen LogP contribution >= 0.6 is 0 Å². The van der Waals surface area contributed by atoms with Crippen LogP contribution in [0.5, 0.6) is 0 Å². The minimum absolute atomic E-state index is 0.0373. The zero-order valence-electron chi connectivity index (χ0n) is 17.4. The molecule has 0 spiro atoms. The predicted molar refractivity (Wildman–Crippen MR) is 120 cm³/mol. The van der Waals surface area contributed by atoms with Gasteiger partial charge in [0.1, 0.15) is 44.8 Å². The zero-order valence-corrected chi connectivity index (χ0v) is 18.2. The molecule has 0 saturated carbocycles. The van der Waals surface area contributed by atoms with Crippen LogP contribution < -0.4 is 14.5 Å². The summed E-state index contributed by atoms with van der Waals surface area (Å²) in [6.07, 6.45) is 0. The van der Waals surface area contributed by atoms with E-state index < -0.39 is 10.0 Å². The largest absolute Gasteiger partial charge is 0.391 e. The zero-order chi connectivity index (χ0) is 21.4. The van der Waals surface area contributed by atoms with Gasteiger partial charge in [-0.3, -0.25) is 0 Å². The summed E-state index contributed by atoms with van der Waals surface area (Å²) in [5, 5.41) is 11.6. The van der Waals surface area contributed by atoms with Crippen LogP contribution in [-0.4, -0.2) is 52.9 Å². The van der Waals surface area contributed by atoms with Crippen LogP contribution in [0.25, 0.3) is 10.8 Å². The summed E-state index contributed by atoms with van der Waals surface area (Å²) in [5.41, 5.74) is 2.30. The molecule has 0 unspecified atom stereocenters. The van der Waals surface area contributed by atoms with Crippen molar-refractivity contribution in [2.75, 3.05) is 39.3 Å². The van der Waals surface area contributed by atoms with Crippen LogP contribution in [0.15, 0.2) is 71.6 Å². The number of nitrogens with one attached hydrogen (secondary N) is 3. The van der Waals surface area contributed by atoms with Gasteiger partial charge in [-0.1, -0.05) is 54.6 Å². The maximum Gasteiger partial charge on any atom is 0.241 e. The second kappa shape index (κ2) is 8.33. The molecule has 6 nitrogen and oxygen atoms in total. The molecule has 0 aromatic heterocycles. The first-order valence-corrected chi connectivity index (χ1v) is 12.4. The Labute approximate surface area is 183 Å². The smallest absolute Gasteiger partial charge is 0.241 e. The average Bonchev–Trinajstić information content (AvgIpc) is 3.10. The molecule has 1 fully saturated rings. The molecule has 0 radical (unpaired) electrons. The first-order valence-electron chi connectivity index (χ1n) is 11.0. The number of sulfonamides is 1. The van der Waals surface area contributed by atoms with E-state index in [1.165, 1.54) is 20.7 Å². The number of aliphatic hydroxyl groups excluding tert-OH is 1. The van der Waals surface area contributed by atoms with E-state index in [0.717, 1.165) is 43.7 Å². The van der Waals surface area contributed by atoms with Gasteiger partial charge in [-0.05, 0) is 28.5 Å². The van der Waals surface area contributed by atoms with Gasteiger partial charge >= 0.3 is 0 Å². The molecule has 1 aliphatic heterocycles. The Bertz CT molecular complexity index is 1170. The topological polar surface area (TPSA) is 75.3 Å². The fraction of sp³-hybridized carbons (Fsp3) is 0.333. The molecule has 2 aliphatic rings. The van der Waals surface area contributed by atoms with Gasteiger partial charge in [-0.15, -0.1) is 0 Å². The Balaban J connectivity index is 1.53. The predicted octanol–water partition coefficient (Wildman–Crippen LogP) is -0.310. The van der Waals surface area contributed by atoms with Crippen molar-refractivity contribution in [2.24, 2.45) is 0 Å². The van der Waals surface area contributed by atoms with Crippen molar-refractivity contribution < 1.29 is 23.3 Å². The van der Waals surface area contributed by atoms with Crippen molar-refractivity contribution in [3.63, 3.8) is 0 Å². The van der Waals surface area contributed by atoms with E-state index in [9.17, 15) is 13.5 Å². The van der Waals surface area contributed by atoms with Gasteiger partial charge in [0.15, 0.2) is 0 Å². The Morgan fingerprint density at radius 1 is 0.871 bits per heavy atom. The van der Waals surface area contributed by atoms with Gasteiger partial charge in [0, 0.05) is 5.56 Å². The van der Waals surface area contributed by atoms with Gasteiger partial charge in [0.05, 0.1) is 11.5 Å². The van der Waals surface area contributed by atoms with Crippen LogP contribution in [0.3, 0.4) is 0 Å². The minimum atomic E-state index is -3.65. The van der Waals surface area contributed by atoms with Crippen LogP contribution in [0.4, 0.5) is 0 Å². The maximum atomic E-state index is 13.3. The number of aliphatic hydroxyl groups is 1. The lowest BCUT2D eigenvalue weighted by Crippen LogP contribution is -3.28. The highest BCUT2D eigenvalue weighted by atomic mass is 32.2. The average molecular weight is 440 g/mol. The second-order valence-corrected chi connectivity index (χ2v) is 10.3. The number of piperazine rings is 1. The van der Waals surface area contributed by atoms with E-state index in [1.54, 1.807) is 24.3 Å². The summed E-state index contributed by atoms with van der Waals surface area (Å²) in [4.78, 5) is 3.12. The molecule has 0 bridgehead atoms. The van der Waals surface area contributed by atoms with Gasteiger partial charge < -0.3 is 14.9 Å². The summed E-state index contributed by atoms with van der Waals surface area (Å²) in [6.45, 7) is 4.85. The summed E-state index contributed by atoms with van der Waals surface area (Å²) in [5.74, 6) is 0. The lowest BCUT2D eigenvalue weighted by molar-refractivity contribution is -1.03. The van der Waals surface area contributed by atoms with Gasteiger partial charge in [0.2, 0.25) is 10.0 Å². The molecule has 5 rings (SSSR count). The quantitative estimate of drug-likeness (QED) is 0.426. The van der Waals surface area contributed by atoms with E-state index in [2.05, 4.69) is 35.1 Å². The van der Waals surface area contributed by atoms with Gasteiger partial charge in [-0.2, -0.15) is 4.72 Å². The summed E-state index contributed by atoms with van der Waals surface area (Å²) in [7, 11) is -3.65. The van der Waals surface area contributed by atoms with E-state index in [1.807, 2.05) is 12.1 Å². The van der Waals surface area contributed by atoms with E-state index in [4.69, 9.17) is 0 Å². The van der Waals surface area contributed by atoms with E-state index in [-0.39, 0.29) is 18.7 Å². The molecule has 162 valence electrons. The van der Waals surface area contributed by atoms with Crippen LogP contribution in [0.1, 0.15) is 23.2 Å². The van der Waals surface area contributed by atoms with Crippen LogP contribution in [0, 0.1) is 0 Å². The van der Waals surface area contributed by atoms with Crippen LogP contribution in [-0.2, 0) is 10.0 Å². The summed E-state index contributed by atoms with van der Waals surface area (Å²) in [6, 6.07) is 20.9. The van der Waals surface area contributed by atoms with Crippen molar-refractivity contribution in [3.8, 4) is 0 Å². The highest BCUT2D eigenvalue weighted by Gasteiger charge is 2.44. The molecule has 1 aliphatic carbocycles. The highest BCUT2D eigenvalue weighted by Crippen LogP contribution is 2.43. The van der Waals surface area contributed by atoms with Crippen LogP contribution in [0.2, 0.25) is 0 Å². The third-order valence-corrected chi connectivity index (χ3v) is 8.27. The van der Waals surface area contributed by atoms with Gasteiger partial charge in [0.25, 0.3) is 0 Å². The molecule has 2 atom stereocenters. The standard InChI is InChI=1S/C24H27N3O3S/c28-17-16-26-12-14-27(15-13-26)24-21-11-5-7-18-6-4-10-20(22(18)21)23(24)25-31(29,30)19-8-2-1-3-9-19/h1-11,23-25,28H,12-17H2/p+2/t23-,24-/m0/s1. The normalized spacial score (nSPS) is 25.7. The lowest BCUT2D eigenvalue weighted by Gasteiger charge is -2.36.